The van der Waals surface area contributed by atoms with Crippen LogP contribution in [0.15, 0.2) is 5.16 Å². The Hall–Kier alpha value is -1.89. The van der Waals surface area contributed by atoms with Crippen molar-refractivity contribution in [2.24, 2.45) is 12.2 Å². The Bertz CT molecular complexity index is 874. The molecule has 2 aliphatic rings. The molecule has 0 spiro atoms. The Kier molecular flexibility index (Phi) is 4.65. The first kappa shape index (κ1) is 19.9. The number of sulfone groups is 1. The van der Waals surface area contributed by atoms with Crippen molar-refractivity contribution in [1.82, 2.24) is 9.78 Å². The number of alkyl halides is 4. The van der Waals surface area contributed by atoms with Crippen LogP contribution in [0.3, 0.4) is 0 Å². The summed E-state index contributed by atoms with van der Waals surface area (Å²) < 4.78 is 91.1. The smallest absolute Gasteiger partial charge is 0.435 e. The van der Waals surface area contributed by atoms with Gasteiger partial charge in [0.1, 0.15) is 11.7 Å². The molecular formula is C14H17F4N3O5S. The minimum atomic E-state index is -5.09. The summed E-state index contributed by atoms with van der Waals surface area (Å²) in [6.07, 6.45) is -5.98. The molecule has 152 valence electrons. The van der Waals surface area contributed by atoms with E-state index in [2.05, 4.69) is 10.3 Å². The molecule has 3 heterocycles. The van der Waals surface area contributed by atoms with Crippen molar-refractivity contribution in [1.29, 1.82) is 0 Å². The molecule has 3 rings (SSSR count). The van der Waals surface area contributed by atoms with Gasteiger partial charge in [0.15, 0.2) is 10.7 Å². The van der Waals surface area contributed by atoms with E-state index in [9.17, 15) is 21.6 Å². The van der Waals surface area contributed by atoms with Crippen molar-refractivity contribution < 1.29 is 40.3 Å². The summed E-state index contributed by atoms with van der Waals surface area (Å²) in [5, 5.41) is 5.90. The molecule has 0 N–H and O–H groups in total. The quantitative estimate of drug-likeness (QED) is 0.700. The topological polar surface area (TPSA) is 92.0 Å². The van der Waals surface area contributed by atoms with Crippen molar-refractivity contribution in [2.45, 2.75) is 43.7 Å². The monoisotopic (exact) mass is 415 g/mol. The fourth-order valence-corrected chi connectivity index (χ4v) is 4.00. The standard InChI is InChI=1S/C14H17F4N3O5S/c1-13(2)4-8(20-26-13)27(22,23)11(15)9-10(14(16,17)18)19-21(3)12(9)25-7-5-24-6-7/h7,11H,4-6H2,1-3H3. The molecule has 0 amide bonds. The molecule has 1 saturated heterocycles. The van der Waals surface area contributed by atoms with E-state index >= 15 is 4.39 Å². The van der Waals surface area contributed by atoms with E-state index in [4.69, 9.17) is 14.3 Å². The number of aryl methyl sites for hydroxylation is 1. The van der Waals surface area contributed by atoms with Crippen molar-refractivity contribution in [2.75, 3.05) is 13.2 Å². The summed E-state index contributed by atoms with van der Waals surface area (Å²) >= 11 is 0. The maximum atomic E-state index is 15.1. The zero-order chi connectivity index (χ0) is 20.2. The molecule has 0 saturated carbocycles. The van der Waals surface area contributed by atoms with Gasteiger partial charge in [0.05, 0.1) is 18.8 Å². The van der Waals surface area contributed by atoms with Crippen molar-refractivity contribution in [3.8, 4) is 5.88 Å². The van der Waals surface area contributed by atoms with E-state index in [1.165, 1.54) is 13.8 Å². The van der Waals surface area contributed by atoms with E-state index in [0.29, 0.717) is 4.68 Å². The zero-order valence-corrected chi connectivity index (χ0v) is 15.4. The second-order valence-corrected chi connectivity index (χ2v) is 8.82. The Balaban J connectivity index is 2.05. The Morgan fingerprint density at radius 2 is 1.96 bits per heavy atom. The number of nitrogens with zero attached hydrogens (tertiary/aromatic N) is 3. The lowest BCUT2D eigenvalue weighted by Crippen LogP contribution is -2.39. The maximum absolute atomic E-state index is 15.1. The van der Waals surface area contributed by atoms with Crippen LogP contribution in [0.1, 0.15) is 37.0 Å². The van der Waals surface area contributed by atoms with Gasteiger partial charge in [-0.3, -0.25) is 0 Å². The summed E-state index contributed by atoms with van der Waals surface area (Å²) in [6, 6.07) is 0. The fourth-order valence-electron chi connectivity index (χ4n) is 2.55. The largest absolute Gasteiger partial charge is 0.469 e. The van der Waals surface area contributed by atoms with Crippen molar-refractivity contribution >= 4 is 14.9 Å². The fraction of sp³-hybridized carbons (Fsp3) is 0.714. The average molecular weight is 415 g/mol. The van der Waals surface area contributed by atoms with Crippen LogP contribution in [-0.2, 0) is 32.6 Å². The van der Waals surface area contributed by atoms with Crippen LogP contribution < -0.4 is 4.74 Å². The number of halogens is 4. The molecule has 0 radical (unpaired) electrons. The number of hydrogen-bond donors (Lipinski definition) is 0. The molecule has 8 nitrogen and oxygen atoms in total. The van der Waals surface area contributed by atoms with Crippen LogP contribution >= 0.6 is 0 Å². The van der Waals surface area contributed by atoms with Crippen LogP contribution in [0.25, 0.3) is 0 Å². The van der Waals surface area contributed by atoms with E-state index in [1.807, 2.05) is 0 Å². The number of ether oxygens (including phenoxy) is 2. The highest BCUT2D eigenvalue weighted by molar-refractivity contribution is 8.06. The third kappa shape index (κ3) is 3.61. The lowest BCUT2D eigenvalue weighted by atomic mass is 10.1. The van der Waals surface area contributed by atoms with Gasteiger partial charge in [0, 0.05) is 13.5 Å². The number of rotatable bonds is 4. The van der Waals surface area contributed by atoms with E-state index in [-0.39, 0.29) is 19.6 Å². The summed E-state index contributed by atoms with van der Waals surface area (Å²) in [6.45, 7) is 3.21. The maximum Gasteiger partial charge on any atom is 0.435 e. The van der Waals surface area contributed by atoms with Crippen molar-refractivity contribution in [3.05, 3.63) is 11.3 Å². The summed E-state index contributed by atoms with van der Waals surface area (Å²) in [5.41, 5.74) is -6.96. The zero-order valence-electron chi connectivity index (χ0n) is 14.6. The number of aromatic nitrogens is 2. The van der Waals surface area contributed by atoms with Gasteiger partial charge in [0.25, 0.3) is 0 Å². The van der Waals surface area contributed by atoms with Crippen molar-refractivity contribution in [3.63, 3.8) is 0 Å². The molecule has 1 unspecified atom stereocenters. The third-order valence-corrected chi connectivity index (χ3v) is 5.64. The molecule has 1 aromatic heterocycles. The molecule has 0 aliphatic carbocycles. The van der Waals surface area contributed by atoms with Gasteiger partial charge in [-0.05, 0) is 13.8 Å². The van der Waals surface area contributed by atoms with Crippen LogP contribution in [-0.4, -0.2) is 48.2 Å². The van der Waals surface area contributed by atoms with E-state index in [0.717, 1.165) is 7.05 Å². The van der Waals surface area contributed by atoms with Gasteiger partial charge in [0.2, 0.25) is 21.2 Å². The highest BCUT2D eigenvalue weighted by Crippen LogP contribution is 2.44. The molecule has 2 aliphatic heterocycles. The molecule has 1 aromatic rings. The Morgan fingerprint density at radius 1 is 1.33 bits per heavy atom. The number of hydrogen-bond acceptors (Lipinski definition) is 7. The first-order valence-corrected chi connectivity index (χ1v) is 9.39. The minimum Gasteiger partial charge on any atom is -0.469 e. The minimum absolute atomic E-state index is 0.0877. The van der Waals surface area contributed by atoms with Crippen LogP contribution in [0.2, 0.25) is 0 Å². The lowest BCUT2D eigenvalue weighted by Gasteiger charge is -2.27. The van der Waals surface area contributed by atoms with Gasteiger partial charge in [-0.15, -0.1) is 0 Å². The van der Waals surface area contributed by atoms with Gasteiger partial charge in [-0.25, -0.2) is 17.5 Å². The molecule has 1 fully saturated rings. The van der Waals surface area contributed by atoms with E-state index in [1.54, 1.807) is 0 Å². The van der Waals surface area contributed by atoms with Crippen LogP contribution in [0, 0.1) is 0 Å². The van der Waals surface area contributed by atoms with Gasteiger partial charge >= 0.3 is 6.18 Å². The molecular weight excluding hydrogens is 398 g/mol. The second-order valence-electron chi connectivity index (χ2n) is 6.84. The predicted molar refractivity (Wildman–Crippen MR) is 83.4 cm³/mol. The Labute approximate surface area is 152 Å². The number of oxime groups is 1. The molecule has 13 heteroatoms. The first-order valence-electron chi connectivity index (χ1n) is 7.84. The predicted octanol–water partition coefficient (Wildman–Crippen LogP) is 2.11. The summed E-state index contributed by atoms with van der Waals surface area (Å²) in [7, 11) is -3.78. The summed E-state index contributed by atoms with van der Waals surface area (Å²) in [5.74, 6) is -0.620. The van der Waals surface area contributed by atoms with Crippen LogP contribution in [0.5, 0.6) is 5.88 Å². The SMILES string of the molecule is Cn1nc(C(F)(F)F)c(C(F)S(=O)(=O)C2=NOC(C)(C)C2)c1OC1COC1. The highest BCUT2D eigenvalue weighted by Gasteiger charge is 2.49. The van der Waals surface area contributed by atoms with Gasteiger partial charge < -0.3 is 14.3 Å². The van der Waals surface area contributed by atoms with Gasteiger partial charge in [-0.2, -0.15) is 18.3 Å². The second kappa shape index (κ2) is 6.33. The van der Waals surface area contributed by atoms with Gasteiger partial charge in [-0.1, -0.05) is 5.16 Å². The van der Waals surface area contributed by atoms with Crippen LogP contribution in [0.4, 0.5) is 17.6 Å². The molecule has 0 bridgehead atoms. The Morgan fingerprint density at radius 3 is 2.41 bits per heavy atom. The third-order valence-electron chi connectivity index (χ3n) is 3.98. The normalized spacial score (nSPS) is 21.4. The average Bonchev–Trinajstić information content (AvgIpc) is 3.02. The highest BCUT2D eigenvalue weighted by atomic mass is 32.2. The molecule has 1 atom stereocenters. The van der Waals surface area contributed by atoms with E-state index < -0.39 is 55.4 Å². The summed E-state index contributed by atoms with van der Waals surface area (Å²) in [4.78, 5) is 4.90. The first-order chi connectivity index (χ1) is 12.3. The lowest BCUT2D eigenvalue weighted by molar-refractivity contribution is -0.142. The molecule has 0 aromatic carbocycles. The molecule has 27 heavy (non-hydrogen) atoms.